The molecule has 0 atom stereocenters. The summed E-state index contributed by atoms with van der Waals surface area (Å²) < 4.78 is 34.1. The molecule has 0 fully saturated rings. The van der Waals surface area contributed by atoms with E-state index in [1.807, 2.05) is 6.07 Å². The molecule has 0 aliphatic heterocycles. The van der Waals surface area contributed by atoms with E-state index < -0.39 is 10.0 Å². The van der Waals surface area contributed by atoms with Gasteiger partial charge in [0, 0.05) is 19.4 Å². The van der Waals surface area contributed by atoms with E-state index in [2.05, 4.69) is 43.2 Å². The summed E-state index contributed by atoms with van der Waals surface area (Å²) in [5.74, 6) is 0.217. The van der Waals surface area contributed by atoms with Gasteiger partial charge in [-0.05, 0) is 68.9 Å². The Hall–Kier alpha value is -1.000. The van der Waals surface area contributed by atoms with Crippen LogP contribution >= 0.6 is 38.5 Å². The molecule has 0 aliphatic carbocycles. The van der Waals surface area contributed by atoms with E-state index in [0.717, 1.165) is 3.57 Å². The zero-order chi connectivity index (χ0) is 15.6. The highest BCUT2D eigenvalue weighted by molar-refractivity contribution is 14.1. The topological polar surface area (TPSA) is 81.4 Å². The summed E-state index contributed by atoms with van der Waals surface area (Å²) in [5.41, 5.74) is 6.56. The van der Waals surface area contributed by atoms with Crippen LogP contribution in [-0.2, 0) is 10.0 Å². The number of benzene rings is 2. The third-order valence-corrected chi connectivity index (χ3v) is 5.41. The highest BCUT2D eigenvalue weighted by Crippen LogP contribution is 2.33. The molecular weight excluding hydrogens is 471 g/mol. The van der Waals surface area contributed by atoms with Gasteiger partial charge in [-0.3, -0.25) is 4.72 Å². The lowest BCUT2D eigenvalue weighted by molar-refractivity contribution is 0.402. The predicted octanol–water partition coefficient (Wildman–Crippen LogP) is 3.45. The third-order valence-electron chi connectivity index (χ3n) is 2.65. The summed E-state index contributed by atoms with van der Waals surface area (Å²) in [6, 6.07) is 9.93. The summed E-state index contributed by atoms with van der Waals surface area (Å²) in [4.78, 5) is -0.00967. The molecule has 21 heavy (non-hydrogen) atoms. The van der Waals surface area contributed by atoms with Gasteiger partial charge in [-0.25, -0.2) is 8.42 Å². The minimum Gasteiger partial charge on any atom is -0.495 e. The number of halogens is 2. The second kappa shape index (κ2) is 6.41. The van der Waals surface area contributed by atoms with Crippen molar-refractivity contribution in [2.45, 2.75) is 4.90 Å². The molecular formula is C13H12BrIN2O3S. The third kappa shape index (κ3) is 3.80. The molecule has 0 bridgehead atoms. The fourth-order valence-electron chi connectivity index (χ4n) is 1.68. The van der Waals surface area contributed by atoms with Gasteiger partial charge < -0.3 is 10.5 Å². The van der Waals surface area contributed by atoms with Gasteiger partial charge in [-0.1, -0.05) is 6.07 Å². The second-order valence-electron chi connectivity index (χ2n) is 4.14. The first-order chi connectivity index (χ1) is 9.83. The van der Waals surface area contributed by atoms with Gasteiger partial charge in [0.05, 0.1) is 7.11 Å². The Bertz CT molecular complexity index is 781. The molecule has 0 radical (unpaired) electrons. The Morgan fingerprint density at radius 3 is 2.62 bits per heavy atom. The Kier molecular flexibility index (Phi) is 4.99. The smallest absolute Gasteiger partial charge is 0.265 e. The van der Waals surface area contributed by atoms with Crippen molar-refractivity contribution in [2.24, 2.45) is 0 Å². The molecule has 0 aliphatic rings. The lowest BCUT2D eigenvalue weighted by atomic mass is 10.3. The van der Waals surface area contributed by atoms with Gasteiger partial charge in [-0.15, -0.1) is 0 Å². The molecule has 5 nitrogen and oxygen atoms in total. The molecule has 0 aromatic heterocycles. The maximum Gasteiger partial charge on any atom is 0.265 e. The Balaban J connectivity index is 2.47. The lowest BCUT2D eigenvalue weighted by Gasteiger charge is -2.13. The molecule has 3 N–H and O–H groups in total. The zero-order valence-corrected chi connectivity index (χ0v) is 15.5. The number of rotatable bonds is 4. The van der Waals surface area contributed by atoms with Gasteiger partial charge in [0.2, 0.25) is 0 Å². The number of hydrogen-bond donors (Lipinski definition) is 2. The minimum absolute atomic E-state index is 0.00967. The van der Waals surface area contributed by atoms with Crippen molar-refractivity contribution in [1.29, 1.82) is 0 Å². The normalized spacial score (nSPS) is 11.2. The van der Waals surface area contributed by atoms with Crippen molar-refractivity contribution in [3.63, 3.8) is 0 Å². The summed E-state index contributed by atoms with van der Waals surface area (Å²) in [7, 11) is -2.39. The number of ether oxygens (including phenoxy) is 1. The predicted molar refractivity (Wildman–Crippen MR) is 95.1 cm³/mol. The first-order valence-corrected chi connectivity index (χ1v) is 9.10. The van der Waals surface area contributed by atoms with Crippen LogP contribution in [0.5, 0.6) is 5.75 Å². The standard InChI is InChI=1S/C13H12BrIN2O3S/c1-20-12-6-10(14)11(16)7-13(12)21(18,19)17-9-4-2-3-8(15)5-9/h2-7,17H,16H2,1H3. The molecule has 0 spiro atoms. The first kappa shape index (κ1) is 16.4. The maximum absolute atomic E-state index is 12.5. The molecule has 2 aromatic rings. The van der Waals surface area contributed by atoms with E-state index in [-0.39, 0.29) is 10.6 Å². The average Bonchev–Trinajstić information content (AvgIpc) is 2.40. The fourth-order valence-corrected chi connectivity index (χ4v) is 3.78. The van der Waals surface area contributed by atoms with Gasteiger partial charge >= 0.3 is 0 Å². The van der Waals surface area contributed by atoms with Crippen LogP contribution in [0, 0.1) is 3.57 Å². The molecule has 0 saturated carbocycles. The van der Waals surface area contributed by atoms with Crippen LogP contribution in [0.1, 0.15) is 0 Å². The largest absolute Gasteiger partial charge is 0.495 e. The Labute approximate surface area is 145 Å². The van der Waals surface area contributed by atoms with E-state index in [0.29, 0.717) is 15.8 Å². The second-order valence-corrected chi connectivity index (χ2v) is 7.89. The van der Waals surface area contributed by atoms with Crippen LogP contribution in [0.25, 0.3) is 0 Å². The van der Waals surface area contributed by atoms with Crippen LogP contribution in [0.4, 0.5) is 11.4 Å². The number of hydrogen-bond acceptors (Lipinski definition) is 4. The van der Waals surface area contributed by atoms with Gasteiger partial charge in [-0.2, -0.15) is 0 Å². The van der Waals surface area contributed by atoms with Gasteiger partial charge in [0.15, 0.2) is 0 Å². The zero-order valence-electron chi connectivity index (χ0n) is 10.9. The van der Waals surface area contributed by atoms with Crippen LogP contribution in [-0.4, -0.2) is 15.5 Å². The highest BCUT2D eigenvalue weighted by Gasteiger charge is 2.21. The van der Waals surface area contributed by atoms with Crippen molar-refractivity contribution in [3.05, 3.63) is 44.4 Å². The van der Waals surface area contributed by atoms with Crippen molar-refractivity contribution in [2.75, 3.05) is 17.6 Å². The molecule has 0 amide bonds. The van der Waals surface area contributed by atoms with Crippen molar-refractivity contribution >= 4 is 59.9 Å². The number of sulfonamides is 1. The van der Waals surface area contributed by atoms with Crippen LogP contribution in [0.3, 0.4) is 0 Å². The molecule has 0 saturated heterocycles. The Morgan fingerprint density at radius 2 is 2.00 bits per heavy atom. The van der Waals surface area contributed by atoms with E-state index in [4.69, 9.17) is 10.5 Å². The number of nitrogens with two attached hydrogens (primary N) is 1. The first-order valence-electron chi connectivity index (χ1n) is 5.75. The molecule has 0 unspecified atom stereocenters. The molecule has 2 aromatic carbocycles. The summed E-state index contributed by atoms with van der Waals surface area (Å²) in [6.45, 7) is 0. The highest BCUT2D eigenvalue weighted by atomic mass is 127. The molecule has 112 valence electrons. The number of nitrogens with one attached hydrogen (secondary N) is 1. The number of nitrogen functional groups attached to an aromatic ring is 1. The lowest BCUT2D eigenvalue weighted by Crippen LogP contribution is -2.14. The van der Waals surface area contributed by atoms with E-state index in [1.165, 1.54) is 19.2 Å². The summed E-state index contributed by atoms with van der Waals surface area (Å²) in [6.07, 6.45) is 0. The van der Waals surface area contributed by atoms with Gasteiger partial charge in [0.1, 0.15) is 10.6 Å². The van der Waals surface area contributed by atoms with Crippen molar-refractivity contribution in [3.8, 4) is 5.75 Å². The summed E-state index contributed by atoms with van der Waals surface area (Å²) >= 11 is 5.35. The number of anilines is 2. The van der Waals surface area contributed by atoms with E-state index in [9.17, 15) is 8.42 Å². The van der Waals surface area contributed by atoms with Gasteiger partial charge in [0.25, 0.3) is 10.0 Å². The molecule has 0 heterocycles. The van der Waals surface area contributed by atoms with Crippen molar-refractivity contribution in [1.82, 2.24) is 0 Å². The minimum atomic E-state index is -3.79. The molecule has 2 rings (SSSR count). The monoisotopic (exact) mass is 482 g/mol. The van der Waals surface area contributed by atoms with Crippen LogP contribution < -0.4 is 15.2 Å². The SMILES string of the molecule is COc1cc(Br)c(N)cc1S(=O)(=O)Nc1cccc(I)c1. The summed E-state index contributed by atoms with van der Waals surface area (Å²) in [5, 5.41) is 0. The van der Waals surface area contributed by atoms with E-state index >= 15 is 0 Å². The maximum atomic E-state index is 12.5. The Morgan fingerprint density at radius 1 is 1.29 bits per heavy atom. The molecule has 8 heteroatoms. The average molecular weight is 483 g/mol. The number of methoxy groups -OCH3 is 1. The quantitative estimate of drug-likeness (QED) is 0.516. The van der Waals surface area contributed by atoms with Crippen molar-refractivity contribution < 1.29 is 13.2 Å². The van der Waals surface area contributed by atoms with Crippen LogP contribution in [0.2, 0.25) is 0 Å². The van der Waals surface area contributed by atoms with E-state index in [1.54, 1.807) is 18.2 Å². The fraction of sp³-hybridized carbons (Fsp3) is 0.0769. The van der Waals surface area contributed by atoms with Crippen LogP contribution in [0.15, 0.2) is 45.8 Å².